The molecule has 17 heavy (non-hydrogen) atoms. The van der Waals surface area contributed by atoms with Crippen LogP contribution in [0.1, 0.15) is 24.3 Å². The standard InChI is InChI=1S/C13H19NO2S/c1-10-4-7-17-12(10)13(3)9-16-6-5-14(13)8-11(2)15/h4,7H,5-6,8-9H2,1-3H3. The van der Waals surface area contributed by atoms with Crippen molar-refractivity contribution in [3.8, 4) is 0 Å². The molecule has 0 aliphatic carbocycles. The van der Waals surface area contributed by atoms with Crippen LogP contribution in [-0.2, 0) is 15.1 Å². The molecule has 2 heterocycles. The van der Waals surface area contributed by atoms with Crippen molar-refractivity contribution >= 4 is 17.1 Å². The molecule has 1 aliphatic heterocycles. The summed E-state index contributed by atoms with van der Waals surface area (Å²) in [5, 5.41) is 2.11. The third kappa shape index (κ3) is 2.44. The minimum atomic E-state index is -0.151. The van der Waals surface area contributed by atoms with Gasteiger partial charge in [-0.05, 0) is 37.8 Å². The number of carbonyl (C=O) groups is 1. The maximum absolute atomic E-state index is 11.4. The van der Waals surface area contributed by atoms with Crippen LogP contribution in [0.2, 0.25) is 0 Å². The summed E-state index contributed by atoms with van der Waals surface area (Å²) in [5.74, 6) is 0.215. The fraction of sp³-hybridized carbons (Fsp3) is 0.615. The molecule has 0 bridgehead atoms. The Balaban J connectivity index is 2.31. The fourth-order valence-corrected chi connectivity index (χ4v) is 3.54. The third-order valence-electron chi connectivity index (χ3n) is 3.35. The number of ketones is 1. The zero-order valence-electron chi connectivity index (χ0n) is 10.7. The smallest absolute Gasteiger partial charge is 0.143 e. The Labute approximate surface area is 106 Å². The quantitative estimate of drug-likeness (QED) is 0.827. The number of rotatable bonds is 3. The Kier molecular flexibility index (Phi) is 3.66. The van der Waals surface area contributed by atoms with E-state index >= 15 is 0 Å². The highest BCUT2D eigenvalue weighted by atomic mass is 32.1. The Morgan fingerprint density at radius 1 is 1.65 bits per heavy atom. The van der Waals surface area contributed by atoms with E-state index in [9.17, 15) is 4.79 Å². The lowest BCUT2D eigenvalue weighted by Gasteiger charge is -2.44. The van der Waals surface area contributed by atoms with Crippen LogP contribution in [-0.4, -0.2) is 37.0 Å². The molecule has 1 fully saturated rings. The van der Waals surface area contributed by atoms with E-state index in [1.54, 1.807) is 18.3 Å². The average Bonchev–Trinajstić information content (AvgIpc) is 2.68. The first-order valence-electron chi connectivity index (χ1n) is 5.91. The molecule has 4 heteroatoms. The summed E-state index contributed by atoms with van der Waals surface area (Å²) in [6.45, 7) is 8.67. The second-order valence-corrected chi connectivity index (χ2v) is 5.80. The van der Waals surface area contributed by atoms with Crippen molar-refractivity contribution in [1.82, 2.24) is 4.90 Å². The molecule has 94 valence electrons. The van der Waals surface area contributed by atoms with E-state index in [2.05, 4.69) is 30.2 Å². The summed E-state index contributed by atoms with van der Waals surface area (Å²) in [6.07, 6.45) is 0. The van der Waals surface area contributed by atoms with Gasteiger partial charge in [-0.15, -0.1) is 11.3 Å². The van der Waals surface area contributed by atoms with Gasteiger partial charge in [0.1, 0.15) is 5.78 Å². The van der Waals surface area contributed by atoms with Crippen molar-refractivity contribution in [1.29, 1.82) is 0 Å². The van der Waals surface area contributed by atoms with Crippen molar-refractivity contribution in [2.75, 3.05) is 26.3 Å². The topological polar surface area (TPSA) is 29.5 Å². The van der Waals surface area contributed by atoms with Gasteiger partial charge in [0.05, 0.1) is 25.3 Å². The molecule has 0 aromatic carbocycles. The molecule has 2 rings (SSSR count). The van der Waals surface area contributed by atoms with Gasteiger partial charge in [0, 0.05) is 11.4 Å². The van der Waals surface area contributed by atoms with Crippen molar-refractivity contribution in [2.45, 2.75) is 26.3 Å². The van der Waals surface area contributed by atoms with E-state index in [-0.39, 0.29) is 11.3 Å². The maximum atomic E-state index is 11.4. The zero-order valence-corrected chi connectivity index (χ0v) is 11.5. The van der Waals surface area contributed by atoms with Gasteiger partial charge in [0.2, 0.25) is 0 Å². The van der Waals surface area contributed by atoms with Crippen LogP contribution in [0.25, 0.3) is 0 Å². The number of carbonyl (C=O) groups excluding carboxylic acids is 1. The van der Waals surface area contributed by atoms with Gasteiger partial charge in [0.25, 0.3) is 0 Å². The van der Waals surface area contributed by atoms with Gasteiger partial charge in [0.15, 0.2) is 0 Å². The first-order valence-corrected chi connectivity index (χ1v) is 6.79. The number of thiophene rings is 1. The van der Waals surface area contributed by atoms with Gasteiger partial charge in [-0.3, -0.25) is 9.69 Å². The molecule has 1 atom stereocenters. The number of Topliss-reactive ketones (excluding diaryl/α,β-unsaturated/α-hetero) is 1. The van der Waals surface area contributed by atoms with Crippen molar-refractivity contribution in [2.24, 2.45) is 0 Å². The molecular formula is C13H19NO2S. The van der Waals surface area contributed by atoms with Crippen molar-refractivity contribution in [3.63, 3.8) is 0 Å². The summed E-state index contributed by atoms with van der Waals surface area (Å²) in [7, 11) is 0. The molecule has 1 aromatic heterocycles. The Morgan fingerprint density at radius 2 is 2.41 bits per heavy atom. The highest BCUT2D eigenvalue weighted by Gasteiger charge is 2.39. The van der Waals surface area contributed by atoms with Crippen LogP contribution in [0, 0.1) is 6.92 Å². The summed E-state index contributed by atoms with van der Waals surface area (Å²) >= 11 is 1.75. The first kappa shape index (κ1) is 12.7. The summed E-state index contributed by atoms with van der Waals surface area (Å²) in [4.78, 5) is 14.9. The highest BCUT2D eigenvalue weighted by molar-refractivity contribution is 7.10. The molecule has 0 spiro atoms. The van der Waals surface area contributed by atoms with E-state index in [0.717, 1.165) is 6.54 Å². The number of aryl methyl sites for hydroxylation is 1. The monoisotopic (exact) mass is 253 g/mol. The SMILES string of the molecule is CC(=O)CN1CCOCC1(C)c1sccc1C. The average molecular weight is 253 g/mol. The number of hydrogen-bond donors (Lipinski definition) is 0. The minimum Gasteiger partial charge on any atom is -0.378 e. The van der Waals surface area contributed by atoms with E-state index in [1.165, 1.54) is 10.4 Å². The van der Waals surface area contributed by atoms with Crippen LogP contribution in [0.15, 0.2) is 11.4 Å². The Morgan fingerprint density at radius 3 is 3.00 bits per heavy atom. The van der Waals surface area contributed by atoms with E-state index in [4.69, 9.17) is 4.74 Å². The van der Waals surface area contributed by atoms with E-state index in [0.29, 0.717) is 19.8 Å². The third-order valence-corrected chi connectivity index (χ3v) is 4.62. The molecule has 0 amide bonds. The van der Waals surface area contributed by atoms with E-state index in [1.807, 2.05) is 0 Å². The second kappa shape index (κ2) is 4.88. The summed E-state index contributed by atoms with van der Waals surface area (Å²) in [6, 6.07) is 2.13. The normalized spacial score (nSPS) is 26.1. The number of hydrogen-bond acceptors (Lipinski definition) is 4. The predicted molar refractivity (Wildman–Crippen MR) is 69.5 cm³/mol. The van der Waals surface area contributed by atoms with Crippen LogP contribution < -0.4 is 0 Å². The van der Waals surface area contributed by atoms with E-state index < -0.39 is 0 Å². The zero-order chi connectivity index (χ0) is 12.5. The maximum Gasteiger partial charge on any atom is 0.143 e. The van der Waals surface area contributed by atoms with Crippen molar-refractivity contribution in [3.05, 3.63) is 21.9 Å². The molecular weight excluding hydrogens is 234 g/mol. The highest BCUT2D eigenvalue weighted by Crippen LogP contribution is 2.36. The molecule has 3 nitrogen and oxygen atoms in total. The minimum absolute atomic E-state index is 0.151. The van der Waals surface area contributed by atoms with Crippen molar-refractivity contribution < 1.29 is 9.53 Å². The summed E-state index contributed by atoms with van der Waals surface area (Å²) < 4.78 is 5.63. The van der Waals surface area contributed by atoms with Gasteiger partial charge in [-0.1, -0.05) is 0 Å². The lowest BCUT2D eigenvalue weighted by molar-refractivity contribution is -0.124. The molecule has 0 N–H and O–H groups in total. The number of nitrogens with zero attached hydrogens (tertiary/aromatic N) is 1. The molecule has 0 saturated carbocycles. The van der Waals surface area contributed by atoms with Crippen LogP contribution in [0.5, 0.6) is 0 Å². The molecule has 1 saturated heterocycles. The fourth-order valence-electron chi connectivity index (χ4n) is 2.44. The lowest BCUT2D eigenvalue weighted by atomic mass is 9.94. The molecule has 1 aliphatic rings. The Hall–Kier alpha value is -0.710. The van der Waals surface area contributed by atoms with Crippen LogP contribution in [0.4, 0.5) is 0 Å². The van der Waals surface area contributed by atoms with Gasteiger partial charge in [-0.2, -0.15) is 0 Å². The molecule has 1 unspecified atom stereocenters. The molecule has 1 aromatic rings. The predicted octanol–water partition coefficient (Wildman–Crippen LogP) is 2.19. The molecule has 0 radical (unpaired) electrons. The van der Waals surface area contributed by atoms with Crippen LogP contribution in [0.3, 0.4) is 0 Å². The Bertz CT molecular complexity index is 415. The van der Waals surface area contributed by atoms with Gasteiger partial charge >= 0.3 is 0 Å². The first-order chi connectivity index (χ1) is 8.04. The van der Waals surface area contributed by atoms with Gasteiger partial charge < -0.3 is 4.74 Å². The lowest BCUT2D eigenvalue weighted by Crippen LogP contribution is -2.53. The second-order valence-electron chi connectivity index (χ2n) is 4.88. The number of morpholine rings is 1. The summed E-state index contributed by atoms with van der Waals surface area (Å²) in [5.41, 5.74) is 1.14. The van der Waals surface area contributed by atoms with Crippen LogP contribution >= 0.6 is 11.3 Å². The number of ether oxygens (including phenoxy) is 1. The largest absolute Gasteiger partial charge is 0.378 e. The van der Waals surface area contributed by atoms with Gasteiger partial charge in [-0.25, -0.2) is 0 Å².